The minimum atomic E-state index is 0. The molecule has 0 aliphatic heterocycles. The molecular weight excluding hydrogens is 967 g/mol. The minimum absolute atomic E-state index is 0. The van der Waals surface area contributed by atoms with Crippen LogP contribution in [0.3, 0.4) is 0 Å². The van der Waals surface area contributed by atoms with Crippen molar-refractivity contribution in [1.82, 2.24) is 15.0 Å². The molecule has 0 atom stereocenters. The van der Waals surface area contributed by atoms with Crippen LogP contribution in [0.15, 0.2) is 195 Å². The van der Waals surface area contributed by atoms with Crippen LogP contribution in [-0.2, 0) is 45.8 Å². The van der Waals surface area contributed by atoms with Crippen molar-refractivity contribution < 1.29 is 20.1 Å². The minimum Gasteiger partial charge on any atom is -0.304 e. The largest absolute Gasteiger partial charge is 3.00 e. The predicted molar refractivity (Wildman–Crippen MR) is 262 cm³/mol. The maximum Gasteiger partial charge on any atom is 3.00 e. The standard InChI is InChI=1S/C61H50N3.Ir/c1-5-15-48(16-6-1)49-31-33-50(34-32-49)57-40-61(53-21-11-4-12-22-53)64-43-58(57)56-24-14-13-23-55(56)54-38-46(27-25-44-29-35-59(62-41-44)51-17-7-2-8-18-51)37-47(39-54)28-26-45-30-36-60(63-42-45)52-19-9-3-10-20-52;/h1-17,19,21,23-24,29-30,35-43,49-50H,25-28,31-34H2;/q-3;+3. The Balaban J connectivity index is 0.00000533. The first-order valence-corrected chi connectivity index (χ1v) is 22.8. The average Bonchev–Trinajstić information content (AvgIpc) is 3.38. The van der Waals surface area contributed by atoms with Gasteiger partial charge in [0.15, 0.2) is 0 Å². The van der Waals surface area contributed by atoms with Gasteiger partial charge in [-0.1, -0.05) is 103 Å². The molecule has 4 heteroatoms. The van der Waals surface area contributed by atoms with E-state index in [4.69, 9.17) is 15.0 Å². The Labute approximate surface area is 398 Å². The molecule has 65 heavy (non-hydrogen) atoms. The number of hydrogen-bond donors (Lipinski definition) is 0. The number of hydrogen-bond acceptors (Lipinski definition) is 3. The Hall–Kier alpha value is -6.58. The van der Waals surface area contributed by atoms with E-state index >= 15 is 0 Å². The molecule has 10 rings (SSSR count). The quantitative estimate of drug-likeness (QED) is 0.108. The van der Waals surface area contributed by atoms with Crippen molar-refractivity contribution in [2.75, 3.05) is 0 Å². The summed E-state index contributed by atoms with van der Waals surface area (Å²) in [6.07, 6.45) is 14.5. The second-order valence-corrected chi connectivity index (χ2v) is 17.1. The molecule has 0 amide bonds. The Kier molecular flexibility index (Phi) is 14.1. The summed E-state index contributed by atoms with van der Waals surface area (Å²) in [6, 6.07) is 72.7. The number of aromatic nitrogens is 3. The second-order valence-electron chi connectivity index (χ2n) is 17.1. The molecule has 3 aromatic heterocycles. The molecule has 1 saturated carbocycles. The molecule has 3 nitrogen and oxygen atoms in total. The van der Waals surface area contributed by atoms with Gasteiger partial charge in [-0.05, 0) is 130 Å². The Morgan fingerprint density at radius 1 is 0.385 bits per heavy atom. The van der Waals surface area contributed by atoms with Gasteiger partial charge in [0.05, 0.1) is 0 Å². The van der Waals surface area contributed by atoms with Crippen molar-refractivity contribution in [1.29, 1.82) is 0 Å². The summed E-state index contributed by atoms with van der Waals surface area (Å²) in [4.78, 5) is 14.8. The molecule has 3 heterocycles. The first-order valence-electron chi connectivity index (χ1n) is 22.8. The molecule has 0 spiro atoms. The fraction of sp³-hybridized carbons (Fsp3) is 0.164. The molecule has 1 fully saturated rings. The van der Waals surface area contributed by atoms with Gasteiger partial charge in [-0.2, -0.15) is 0 Å². The number of rotatable bonds is 13. The third-order valence-electron chi connectivity index (χ3n) is 13.0. The summed E-state index contributed by atoms with van der Waals surface area (Å²) in [5.41, 5.74) is 18.8. The van der Waals surface area contributed by atoms with Gasteiger partial charge in [-0.15, -0.1) is 108 Å². The second kappa shape index (κ2) is 20.9. The van der Waals surface area contributed by atoms with E-state index in [-0.39, 0.29) is 20.1 Å². The smallest absolute Gasteiger partial charge is 0.304 e. The SMILES string of the molecule is [Ir+3].[c-]1ccccc1-c1ccc(CCc2cc(CCc3ccc(-c4[c-]cccc4)nc3)cc(-c3ccccc3-c3cnc(-c4[c-]cccc4)cc3C3CCC(c4ccccc4)CC3)c2)cn1. The molecule has 9 aromatic rings. The van der Waals surface area contributed by atoms with E-state index < -0.39 is 0 Å². The fourth-order valence-electron chi connectivity index (χ4n) is 9.52. The summed E-state index contributed by atoms with van der Waals surface area (Å²) in [7, 11) is 0. The van der Waals surface area contributed by atoms with Gasteiger partial charge < -0.3 is 15.0 Å². The number of nitrogens with zero attached hydrogens (tertiary/aromatic N) is 3. The molecule has 1 aliphatic rings. The third kappa shape index (κ3) is 10.5. The van der Waals surface area contributed by atoms with E-state index in [0.29, 0.717) is 11.8 Å². The van der Waals surface area contributed by atoms with E-state index in [1.165, 1.54) is 68.5 Å². The van der Waals surface area contributed by atoms with Crippen molar-refractivity contribution >= 4 is 0 Å². The van der Waals surface area contributed by atoms with Crippen molar-refractivity contribution in [3.05, 3.63) is 246 Å². The number of pyridine rings is 3. The van der Waals surface area contributed by atoms with Gasteiger partial charge in [-0.3, -0.25) is 0 Å². The van der Waals surface area contributed by atoms with Gasteiger partial charge in [0, 0.05) is 24.2 Å². The predicted octanol–water partition coefficient (Wildman–Crippen LogP) is 14.6. The molecule has 0 unspecified atom stereocenters. The van der Waals surface area contributed by atoms with Crippen LogP contribution in [0.2, 0.25) is 0 Å². The van der Waals surface area contributed by atoms with Crippen LogP contribution in [0.4, 0.5) is 0 Å². The summed E-state index contributed by atoms with van der Waals surface area (Å²) >= 11 is 0. The van der Waals surface area contributed by atoms with Gasteiger partial charge in [0.2, 0.25) is 0 Å². The van der Waals surface area contributed by atoms with Crippen LogP contribution in [0.25, 0.3) is 56.0 Å². The maximum atomic E-state index is 5.14. The Morgan fingerprint density at radius 3 is 1.38 bits per heavy atom. The van der Waals surface area contributed by atoms with Crippen LogP contribution >= 0.6 is 0 Å². The maximum absolute atomic E-state index is 5.14. The summed E-state index contributed by atoms with van der Waals surface area (Å²) in [5.74, 6) is 1.04. The van der Waals surface area contributed by atoms with E-state index in [1.54, 1.807) is 0 Å². The zero-order valence-electron chi connectivity index (χ0n) is 36.5. The van der Waals surface area contributed by atoms with Crippen LogP contribution in [0.1, 0.15) is 70.9 Å². The first kappa shape index (κ1) is 43.7. The average molecular weight is 1020 g/mol. The molecule has 318 valence electrons. The van der Waals surface area contributed by atoms with Crippen LogP contribution in [0.5, 0.6) is 0 Å². The van der Waals surface area contributed by atoms with Gasteiger partial charge in [0.25, 0.3) is 0 Å². The van der Waals surface area contributed by atoms with Crippen molar-refractivity contribution in [2.24, 2.45) is 0 Å². The summed E-state index contributed by atoms with van der Waals surface area (Å²) in [5, 5.41) is 0. The van der Waals surface area contributed by atoms with E-state index in [9.17, 15) is 0 Å². The monoisotopic (exact) mass is 1020 g/mol. The van der Waals surface area contributed by atoms with Gasteiger partial charge in [0.1, 0.15) is 0 Å². The fourth-order valence-corrected chi connectivity index (χ4v) is 9.52. The molecule has 6 aromatic carbocycles. The normalized spacial score (nSPS) is 14.6. The third-order valence-corrected chi connectivity index (χ3v) is 13.0. The molecule has 0 saturated heterocycles. The van der Waals surface area contributed by atoms with Crippen molar-refractivity contribution in [3.8, 4) is 56.0 Å². The number of benzene rings is 6. The Bertz CT molecular complexity index is 2800. The summed E-state index contributed by atoms with van der Waals surface area (Å²) < 4.78 is 0. The van der Waals surface area contributed by atoms with Crippen LogP contribution in [-0.4, -0.2) is 15.0 Å². The topological polar surface area (TPSA) is 38.7 Å². The van der Waals surface area contributed by atoms with Gasteiger partial charge >= 0.3 is 20.1 Å². The molecule has 1 aliphatic carbocycles. The van der Waals surface area contributed by atoms with Crippen molar-refractivity contribution in [3.63, 3.8) is 0 Å². The van der Waals surface area contributed by atoms with Crippen LogP contribution < -0.4 is 0 Å². The van der Waals surface area contributed by atoms with Crippen molar-refractivity contribution in [2.45, 2.75) is 63.2 Å². The molecular formula is C61H50IrN3. The molecule has 0 N–H and O–H groups in total. The summed E-state index contributed by atoms with van der Waals surface area (Å²) in [6.45, 7) is 0. The Morgan fingerprint density at radius 2 is 0.862 bits per heavy atom. The number of aryl methyl sites for hydroxylation is 4. The first-order chi connectivity index (χ1) is 31.7. The van der Waals surface area contributed by atoms with Gasteiger partial charge in [-0.25, -0.2) is 0 Å². The molecule has 0 radical (unpaired) electrons. The zero-order valence-corrected chi connectivity index (χ0v) is 38.9. The zero-order chi connectivity index (χ0) is 42.9. The van der Waals surface area contributed by atoms with E-state index in [2.05, 4.69) is 152 Å². The van der Waals surface area contributed by atoms with E-state index in [0.717, 1.165) is 72.3 Å². The van der Waals surface area contributed by atoms with Crippen LogP contribution in [0, 0.1) is 18.2 Å². The molecule has 0 bridgehead atoms. The van der Waals surface area contributed by atoms with E-state index in [1.807, 2.05) is 60.9 Å².